The van der Waals surface area contributed by atoms with Crippen molar-refractivity contribution in [2.75, 3.05) is 13.1 Å². The minimum absolute atomic E-state index is 0.0690. The lowest BCUT2D eigenvalue weighted by Gasteiger charge is -2.30. The number of nitrogens with zero attached hydrogens (tertiary/aromatic N) is 2. The molecule has 3 rings (SSSR count). The average Bonchev–Trinajstić information content (AvgIpc) is 2.59. The molecule has 126 valence electrons. The van der Waals surface area contributed by atoms with Crippen molar-refractivity contribution >= 4 is 17.4 Å². The number of aromatic amines is 1. The zero-order valence-electron chi connectivity index (χ0n) is 13.4. The zero-order valence-corrected chi connectivity index (χ0v) is 14.1. The third kappa shape index (κ3) is 4.10. The van der Waals surface area contributed by atoms with Crippen LogP contribution in [0.4, 0.5) is 0 Å². The highest BCUT2D eigenvalue weighted by atomic mass is 35.5. The molecule has 0 bridgehead atoms. The number of Topliss-reactive ketones (excluding diaryl/α,β-unsaturated/α-hetero) is 1. The lowest BCUT2D eigenvalue weighted by molar-refractivity contribution is -0.123. The summed E-state index contributed by atoms with van der Waals surface area (Å²) in [5.74, 6) is 0.318. The molecule has 24 heavy (non-hydrogen) atoms. The molecular weight excluding hydrogens is 326 g/mol. The van der Waals surface area contributed by atoms with Gasteiger partial charge in [0.15, 0.2) is 0 Å². The van der Waals surface area contributed by atoms with E-state index in [0.717, 1.165) is 31.5 Å². The lowest BCUT2D eigenvalue weighted by Crippen LogP contribution is -2.37. The summed E-state index contributed by atoms with van der Waals surface area (Å²) in [6.07, 6.45) is 5.15. The van der Waals surface area contributed by atoms with Crippen LogP contribution in [0.15, 0.2) is 41.5 Å². The number of H-pyrrole nitrogens is 1. The molecule has 5 nitrogen and oxygen atoms in total. The van der Waals surface area contributed by atoms with Gasteiger partial charge in [0.25, 0.3) is 5.56 Å². The number of ketones is 1. The van der Waals surface area contributed by atoms with E-state index in [2.05, 4.69) is 14.9 Å². The molecule has 1 fully saturated rings. The van der Waals surface area contributed by atoms with Crippen molar-refractivity contribution < 1.29 is 4.79 Å². The van der Waals surface area contributed by atoms with E-state index in [1.807, 2.05) is 24.3 Å². The van der Waals surface area contributed by atoms with Crippen LogP contribution < -0.4 is 5.56 Å². The first-order valence-electron chi connectivity index (χ1n) is 8.14. The van der Waals surface area contributed by atoms with Crippen molar-refractivity contribution in [2.24, 2.45) is 5.92 Å². The quantitative estimate of drug-likeness (QED) is 0.904. The molecule has 1 aliphatic rings. The number of halogens is 1. The number of carbonyl (C=O) groups excluding carboxylic acids is 1. The topological polar surface area (TPSA) is 66.1 Å². The highest BCUT2D eigenvalue weighted by Gasteiger charge is 2.25. The predicted molar refractivity (Wildman–Crippen MR) is 93.0 cm³/mol. The highest BCUT2D eigenvalue weighted by Crippen LogP contribution is 2.23. The Morgan fingerprint density at radius 2 is 2.04 bits per heavy atom. The summed E-state index contributed by atoms with van der Waals surface area (Å²) in [6.45, 7) is 2.13. The van der Waals surface area contributed by atoms with Gasteiger partial charge in [-0.15, -0.1) is 0 Å². The first kappa shape index (κ1) is 16.9. The van der Waals surface area contributed by atoms with E-state index in [9.17, 15) is 9.59 Å². The van der Waals surface area contributed by atoms with Crippen LogP contribution >= 0.6 is 11.6 Å². The first-order chi connectivity index (χ1) is 11.6. The van der Waals surface area contributed by atoms with Crippen molar-refractivity contribution in [3.63, 3.8) is 0 Å². The zero-order chi connectivity index (χ0) is 16.9. The van der Waals surface area contributed by atoms with Crippen LogP contribution in [0.2, 0.25) is 5.02 Å². The van der Waals surface area contributed by atoms with E-state index < -0.39 is 0 Å². The molecule has 2 aromatic rings. The molecule has 1 aromatic carbocycles. The number of nitrogens with one attached hydrogen (secondary N) is 1. The molecule has 1 aliphatic heterocycles. The SMILES string of the molecule is O=C(Cc1ccccc1Cl)C1CCN(Cc2ncc[nH]c2=O)CC1. The van der Waals surface area contributed by atoms with Crippen LogP contribution in [0.3, 0.4) is 0 Å². The summed E-state index contributed by atoms with van der Waals surface area (Å²) in [4.78, 5) is 33.1. The number of piperidine rings is 1. The average molecular weight is 346 g/mol. The van der Waals surface area contributed by atoms with Crippen molar-refractivity contribution in [2.45, 2.75) is 25.8 Å². The van der Waals surface area contributed by atoms with Gasteiger partial charge in [0, 0.05) is 36.3 Å². The summed E-state index contributed by atoms with van der Waals surface area (Å²) in [5, 5.41) is 0.651. The number of hydrogen-bond donors (Lipinski definition) is 1. The molecular formula is C18H20ClN3O2. The van der Waals surface area contributed by atoms with Gasteiger partial charge in [-0.2, -0.15) is 0 Å². The normalized spacial score (nSPS) is 16.2. The summed E-state index contributed by atoms with van der Waals surface area (Å²) < 4.78 is 0. The Bertz CT molecular complexity index is 767. The minimum Gasteiger partial charge on any atom is -0.326 e. The van der Waals surface area contributed by atoms with Crippen LogP contribution in [0, 0.1) is 5.92 Å². The summed E-state index contributed by atoms with van der Waals surface area (Å²) in [5.41, 5.74) is 1.28. The third-order valence-corrected chi connectivity index (χ3v) is 4.89. The molecule has 0 saturated carbocycles. The standard InChI is InChI=1S/C18H20ClN3O2/c19-15-4-2-1-3-14(15)11-17(23)13-5-9-22(10-6-13)12-16-18(24)21-8-7-20-16/h1-4,7-8,13H,5-6,9-12H2,(H,21,24). The van der Waals surface area contributed by atoms with Crippen LogP contribution in [0.25, 0.3) is 0 Å². The number of hydrogen-bond acceptors (Lipinski definition) is 4. The molecule has 0 radical (unpaired) electrons. The Morgan fingerprint density at radius 1 is 1.29 bits per heavy atom. The Morgan fingerprint density at radius 3 is 2.75 bits per heavy atom. The van der Waals surface area contributed by atoms with E-state index in [1.165, 1.54) is 6.20 Å². The first-order valence-corrected chi connectivity index (χ1v) is 8.52. The molecule has 0 aliphatic carbocycles. The second-order valence-corrected chi connectivity index (χ2v) is 6.56. The Hall–Kier alpha value is -1.98. The second kappa shape index (κ2) is 7.73. The maximum Gasteiger partial charge on any atom is 0.270 e. The number of rotatable bonds is 5. The van der Waals surface area contributed by atoms with Crippen LogP contribution in [-0.2, 0) is 17.8 Å². The Kier molecular flexibility index (Phi) is 5.43. The van der Waals surface area contributed by atoms with Crippen molar-refractivity contribution in [1.82, 2.24) is 14.9 Å². The smallest absolute Gasteiger partial charge is 0.270 e. The monoisotopic (exact) mass is 345 g/mol. The maximum atomic E-state index is 12.5. The number of benzene rings is 1. The largest absolute Gasteiger partial charge is 0.326 e. The molecule has 1 saturated heterocycles. The van der Waals surface area contributed by atoms with Gasteiger partial charge in [0.2, 0.25) is 0 Å². The molecule has 0 unspecified atom stereocenters. The predicted octanol–water partition coefficient (Wildman–Crippen LogP) is 2.45. The van der Waals surface area contributed by atoms with Gasteiger partial charge < -0.3 is 4.98 Å². The van der Waals surface area contributed by atoms with Crippen molar-refractivity contribution in [1.29, 1.82) is 0 Å². The molecule has 0 atom stereocenters. The van der Waals surface area contributed by atoms with Crippen molar-refractivity contribution in [3.8, 4) is 0 Å². The van der Waals surface area contributed by atoms with E-state index in [4.69, 9.17) is 11.6 Å². The van der Waals surface area contributed by atoms with Gasteiger partial charge in [-0.05, 0) is 37.6 Å². The maximum absolute atomic E-state index is 12.5. The van der Waals surface area contributed by atoms with Gasteiger partial charge >= 0.3 is 0 Å². The molecule has 1 N–H and O–H groups in total. The van der Waals surface area contributed by atoms with Crippen LogP contribution in [0.5, 0.6) is 0 Å². The fourth-order valence-electron chi connectivity index (χ4n) is 3.09. The molecule has 2 heterocycles. The fourth-order valence-corrected chi connectivity index (χ4v) is 3.30. The van der Waals surface area contributed by atoms with Crippen LogP contribution in [0.1, 0.15) is 24.1 Å². The Balaban J connectivity index is 1.53. The fraction of sp³-hybridized carbons (Fsp3) is 0.389. The van der Waals surface area contributed by atoms with Gasteiger partial charge in [-0.1, -0.05) is 29.8 Å². The van der Waals surface area contributed by atoms with Gasteiger partial charge in [-0.25, -0.2) is 0 Å². The number of likely N-dealkylation sites (tertiary alicyclic amines) is 1. The van der Waals surface area contributed by atoms with Gasteiger partial charge in [0.05, 0.1) is 0 Å². The molecule has 0 amide bonds. The summed E-state index contributed by atoms with van der Waals surface area (Å²) in [7, 11) is 0. The number of aromatic nitrogens is 2. The van der Waals surface area contributed by atoms with Gasteiger partial charge in [-0.3, -0.25) is 19.5 Å². The summed E-state index contributed by atoms with van der Waals surface area (Å²) >= 11 is 6.14. The lowest BCUT2D eigenvalue weighted by atomic mass is 9.89. The van der Waals surface area contributed by atoms with E-state index in [1.54, 1.807) is 6.20 Å². The second-order valence-electron chi connectivity index (χ2n) is 6.15. The van der Waals surface area contributed by atoms with Gasteiger partial charge in [0.1, 0.15) is 11.5 Å². The van der Waals surface area contributed by atoms with Crippen LogP contribution in [-0.4, -0.2) is 33.7 Å². The molecule has 0 spiro atoms. The molecule has 1 aromatic heterocycles. The summed E-state index contributed by atoms with van der Waals surface area (Å²) in [6, 6.07) is 7.50. The third-order valence-electron chi connectivity index (χ3n) is 4.52. The minimum atomic E-state index is -0.144. The van der Waals surface area contributed by atoms with E-state index in [0.29, 0.717) is 23.7 Å². The highest BCUT2D eigenvalue weighted by molar-refractivity contribution is 6.31. The molecule has 6 heteroatoms. The Labute approximate surface area is 145 Å². The number of carbonyl (C=O) groups is 1. The van der Waals surface area contributed by atoms with Crippen molar-refractivity contribution in [3.05, 3.63) is 63.3 Å². The van der Waals surface area contributed by atoms with E-state index in [-0.39, 0.29) is 17.3 Å². The van der Waals surface area contributed by atoms with E-state index >= 15 is 0 Å².